The summed E-state index contributed by atoms with van der Waals surface area (Å²) < 4.78 is 11.1. The Morgan fingerprint density at radius 2 is 2.33 bits per heavy atom. The monoisotopic (exact) mass is 106 g/mol. The predicted molar refractivity (Wildman–Crippen MR) is 24.4 cm³/mol. The zero-order valence-corrected chi connectivity index (χ0v) is 4.70. The Balaban J connectivity index is 2.96. The summed E-state index contributed by atoms with van der Waals surface area (Å²) >= 11 is 0. The number of nitrogens with one attached hydrogen (secondary N) is 1. The van der Waals surface area contributed by atoms with Gasteiger partial charge >= 0.3 is 0 Å². The van der Waals surface area contributed by atoms with Gasteiger partial charge in [0.1, 0.15) is 0 Å². The van der Waals surface area contributed by atoms with Crippen LogP contribution in [-0.2, 0) is 4.57 Å². The van der Waals surface area contributed by atoms with Crippen LogP contribution in [0.5, 0.6) is 0 Å². The molecule has 1 N–H and O–H groups in total. The maximum absolute atomic E-state index is 9.70. The lowest BCUT2D eigenvalue weighted by Crippen LogP contribution is -2.19. The van der Waals surface area contributed by atoms with Crippen LogP contribution >= 0.6 is 8.61 Å². The molecule has 0 atom stereocenters. The van der Waals surface area contributed by atoms with E-state index in [9.17, 15) is 4.57 Å². The van der Waals surface area contributed by atoms with Gasteiger partial charge in [0.2, 0.25) is 0 Å². The average Bonchev–Trinajstić information content (AvgIpc) is 1.65. The third kappa shape index (κ3) is 2.27. The maximum Gasteiger partial charge on any atom is 0.263 e. The summed E-state index contributed by atoms with van der Waals surface area (Å²) in [6, 6.07) is 0. The molecule has 0 aromatic heterocycles. The molecule has 0 unspecified atom stereocenters. The summed E-state index contributed by atoms with van der Waals surface area (Å²) in [5, 5.41) is 0. The van der Waals surface area contributed by atoms with Crippen molar-refractivity contribution in [2.45, 2.75) is 0 Å². The fraction of sp³-hybridized carbons (Fsp3) is 1.00. The van der Waals surface area contributed by atoms with E-state index in [1.165, 1.54) is 4.78 Å². The van der Waals surface area contributed by atoms with Gasteiger partial charge in [-0.15, -0.1) is 0 Å². The number of hydrogen-bond donors (Lipinski definition) is 1. The van der Waals surface area contributed by atoms with E-state index in [0.717, 1.165) is 0 Å². The van der Waals surface area contributed by atoms with Crippen molar-refractivity contribution in [1.82, 2.24) is 10.2 Å². The van der Waals surface area contributed by atoms with Crippen molar-refractivity contribution in [2.24, 2.45) is 0 Å². The van der Waals surface area contributed by atoms with Crippen LogP contribution in [0.2, 0.25) is 0 Å². The predicted octanol–water partition coefficient (Wildman–Crippen LogP) is 0.259. The molecule has 0 saturated carbocycles. The summed E-state index contributed by atoms with van der Waals surface area (Å²) in [6.45, 7) is 0. The van der Waals surface area contributed by atoms with E-state index in [4.69, 9.17) is 0 Å². The summed E-state index contributed by atoms with van der Waals surface area (Å²) in [6.07, 6.45) is 0. The molecule has 0 amide bonds. The van der Waals surface area contributed by atoms with E-state index in [1.807, 2.05) is 0 Å². The van der Waals surface area contributed by atoms with Crippen LogP contribution in [0.1, 0.15) is 0 Å². The summed E-state index contributed by atoms with van der Waals surface area (Å²) in [4.78, 5) is 0. The first-order chi connectivity index (χ1) is 2.81. The number of hydrogen-bond acceptors (Lipinski definition) is 2. The van der Waals surface area contributed by atoms with E-state index in [0.29, 0.717) is 0 Å². The second kappa shape index (κ2) is 3.22. The lowest BCUT2D eigenvalue weighted by atomic mass is 11.4. The molecule has 0 aliphatic heterocycles. The smallest absolute Gasteiger partial charge is 0.254 e. The fourth-order valence-electron chi connectivity index (χ4n) is 0.0408. The molecule has 4 heteroatoms. The van der Waals surface area contributed by atoms with Crippen LogP contribution in [0.15, 0.2) is 0 Å². The Kier molecular flexibility index (Phi) is 3.23. The van der Waals surface area contributed by atoms with E-state index >= 15 is 0 Å². The van der Waals surface area contributed by atoms with Crippen LogP contribution < -0.4 is 5.43 Å². The molecule has 0 bridgehead atoms. The highest BCUT2D eigenvalue weighted by Gasteiger charge is 1.82. The van der Waals surface area contributed by atoms with Crippen LogP contribution in [0.4, 0.5) is 0 Å². The molecule has 6 heavy (non-hydrogen) atoms. The zero-order valence-electron chi connectivity index (χ0n) is 3.80. The minimum atomic E-state index is 0.000386. The number of hydrazine groups is 1. The van der Waals surface area contributed by atoms with Gasteiger partial charge in [0.25, 0.3) is 8.61 Å². The molecule has 0 heterocycles. The largest absolute Gasteiger partial charge is 0.263 e. The summed E-state index contributed by atoms with van der Waals surface area (Å²) in [5.41, 5.74) is 2.62. The molecule has 0 aliphatic rings. The molecule has 0 radical (unpaired) electrons. The van der Waals surface area contributed by atoms with Crippen LogP contribution in [-0.4, -0.2) is 18.9 Å². The Labute approximate surface area is 38.6 Å². The SMILES string of the molecule is CNN(C)P=O. The van der Waals surface area contributed by atoms with Crippen LogP contribution in [0, 0.1) is 0 Å². The van der Waals surface area contributed by atoms with Gasteiger partial charge in [-0.1, -0.05) is 0 Å². The second-order valence-electron chi connectivity index (χ2n) is 0.829. The molecule has 0 aliphatic carbocycles. The minimum absolute atomic E-state index is 0.000386. The first-order valence-corrected chi connectivity index (χ1v) is 2.32. The van der Waals surface area contributed by atoms with Gasteiger partial charge in [-0.25, -0.2) is 5.43 Å². The lowest BCUT2D eigenvalue weighted by Gasteiger charge is -1.98. The highest BCUT2D eigenvalue weighted by Crippen LogP contribution is 1.90. The summed E-state index contributed by atoms with van der Waals surface area (Å²) in [7, 11) is 3.37. The quantitative estimate of drug-likeness (QED) is 0.404. The van der Waals surface area contributed by atoms with Crippen molar-refractivity contribution in [3.05, 3.63) is 0 Å². The molecule has 0 saturated heterocycles. The molecule has 0 spiro atoms. The standard InChI is InChI=1S/C2H7N2OP/c1-3-4(2)6-5/h3H,1-2H3. The van der Waals surface area contributed by atoms with Crippen molar-refractivity contribution in [2.75, 3.05) is 14.1 Å². The highest BCUT2D eigenvalue weighted by molar-refractivity contribution is 7.20. The van der Waals surface area contributed by atoms with E-state index < -0.39 is 0 Å². The van der Waals surface area contributed by atoms with E-state index in [-0.39, 0.29) is 8.61 Å². The minimum Gasteiger partial charge on any atom is -0.254 e. The van der Waals surface area contributed by atoms with E-state index in [2.05, 4.69) is 5.43 Å². The van der Waals surface area contributed by atoms with Gasteiger partial charge in [0, 0.05) is 7.05 Å². The van der Waals surface area contributed by atoms with Crippen LogP contribution in [0.3, 0.4) is 0 Å². The zero-order chi connectivity index (χ0) is 4.99. The fourth-order valence-corrected chi connectivity index (χ4v) is 0.122. The van der Waals surface area contributed by atoms with E-state index in [1.54, 1.807) is 14.1 Å². The third-order valence-corrected chi connectivity index (χ3v) is 0.891. The average molecular weight is 106 g/mol. The number of nitrogens with zero attached hydrogens (tertiary/aromatic N) is 1. The number of rotatable bonds is 2. The third-order valence-electron chi connectivity index (χ3n) is 0.446. The first kappa shape index (κ1) is 6.02. The Morgan fingerprint density at radius 3 is 2.33 bits per heavy atom. The molecule has 0 aromatic rings. The first-order valence-electron chi connectivity index (χ1n) is 1.55. The molecule has 36 valence electrons. The van der Waals surface area contributed by atoms with Crippen molar-refractivity contribution in [3.8, 4) is 0 Å². The second-order valence-corrected chi connectivity index (χ2v) is 1.59. The maximum atomic E-state index is 9.70. The van der Waals surface area contributed by atoms with Gasteiger partial charge in [-0.2, -0.15) is 4.78 Å². The molecule has 0 rings (SSSR count). The van der Waals surface area contributed by atoms with Crippen molar-refractivity contribution >= 4 is 8.61 Å². The lowest BCUT2D eigenvalue weighted by molar-refractivity contribution is 0.429. The van der Waals surface area contributed by atoms with Gasteiger partial charge in [-0.3, -0.25) is 4.57 Å². The molecule has 0 fully saturated rings. The topological polar surface area (TPSA) is 32.3 Å². The summed E-state index contributed by atoms with van der Waals surface area (Å²) in [5.74, 6) is 0. The van der Waals surface area contributed by atoms with Crippen molar-refractivity contribution < 1.29 is 4.57 Å². The normalized spacial score (nSPS) is 10.5. The molecule has 0 aromatic carbocycles. The Hall–Kier alpha value is 0.0200. The van der Waals surface area contributed by atoms with Gasteiger partial charge in [-0.05, 0) is 7.05 Å². The van der Waals surface area contributed by atoms with Crippen molar-refractivity contribution in [1.29, 1.82) is 0 Å². The highest BCUT2D eigenvalue weighted by atomic mass is 31.1. The molecular formula is C2H7N2OP. The van der Waals surface area contributed by atoms with Gasteiger partial charge in [0.15, 0.2) is 0 Å². The van der Waals surface area contributed by atoms with Gasteiger partial charge in [0.05, 0.1) is 0 Å². The van der Waals surface area contributed by atoms with Crippen LogP contribution in [0.25, 0.3) is 0 Å². The Morgan fingerprint density at radius 1 is 1.83 bits per heavy atom. The molecule has 3 nitrogen and oxygen atoms in total. The Bertz CT molecular complexity index is 48.8. The van der Waals surface area contributed by atoms with Crippen molar-refractivity contribution in [3.63, 3.8) is 0 Å². The van der Waals surface area contributed by atoms with Gasteiger partial charge < -0.3 is 0 Å². The molecular weight excluding hydrogens is 99.0 g/mol.